The van der Waals surface area contributed by atoms with Gasteiger partial charge in [-0.25, -0.2) is 0 Å². The summed E-state index contributed by atoms with van der Waals surface area (Å²) in [6.07, 6.45) is 6.72. The Morgan fingerprint density at radius 3 is 2.62 bits per heavy atom. The largest absolute Gasteiger partial charge is 0.328 e. The summed E-state index contributed by atoms with van der Waals surface area (Å²) in [6.45, 7) is 1.91. The van der Waals surface area contributed by atoms with Gasteiger partial charge in [-0.2, -0.15) is 0 Å². The maximum absolute atomic E-state index is 12.5. The summed E-state index contributed by atoms with van der Waals surface area (Å²) < 4.78 is 0. The van der Waals surface area contributed by atoms with Crippen LogP contribution in [-0.4, -0.2) is 22.8 Å². The van der Waals surface area contributed by atoms with Crippen molar-refractivity contribution in [3.05, 3.63) is 53.9 Å². The van der Waals surface area contributed by atoms with Gasteiger partial charge in [-0.3, -0.25) is 14.6 Å². The number of nitrogens with zero attached hydrogens (tertiary/aromatic N) is 1. The zero-order valence-electron chi connectivity index (χ0n) is 14.9. The fraction of sp³-hybridized carbons (Fsp3) is 0.350. The minimum Gasteiger partial charge on any atom is -0.328 e. The van der Waals surface area contributed by atoms with Gasteiger partial charge < -0.3 is 16.4 Å². The maximum atomic E-state index is 12.5. The lowest BCUT2D eigenvalue weighted by molar-refractivity contribution is -0.120. The average Bonchev–Trinajstić information content (AvgIpc) is 2.65. The summed E-state index contributed by atoms with van der Waals surface area (Å²) in [5.74, 6) is -0.262. The number of benzene rings is 1. The minimum absolute atomic E-state index is 0.00425. The van der Waals surface area contributed by atoms with E-state index in [4.69, 9.17) is 5.73 Å². The average molecular weight is 352 g/mol. The molecule has 1 heterocycles. The molecule has 0 aliphatic heterocycles. The molecule has 1 aliphatic carbocycles. The van der Waals surface area contributed by atoms with Gasteiger partial charge in [0.05, 0.1) is 0 Å². The van der Waals surface area contributed by atoms with Crippen LogP contribution in [0.15, 0.2) is 42.7 Å². The predicted molar refractivity (Wildman–Crippen MR) is 102 cm³/mol. The summed E-state index contributed by atoms with van der Waals surface area (Å²) in [5.41, 5.74) is 8.77. The lowest BCUT2D eigenvalue weighted by Crippen LogP contribution is -2.34. The topological polar surface area (TPSA) is 97.1 Å². The summed E-state index contributed by atoms with van der Waals surface area (Å²) in [4.78, 5) is 28.7. The molecule has 0 bridgehead atoms. The number of nitrogens with two attached hydrogens (primary N) is 1. The third-order valence-electron chi connectivity index (χ3n) is 4.78. The first kappa shape index (κ1) is 18.1. The number of anilines is 2. The van der Waals surface area contributed by atoms with E-state index in [2.05, 4.69) is 15.6 Å². The molecule has 1 fully saturated rings. The van der Waals surface area contributed by atoms with Crippen molar-refractivity contribution in [2.75, 3.05) is 10.6 Å². The van der Waals surface area contributed by atoms with Crippen LogP contribution in [-0.2, 0) is 4.79 Å². The molecule has 1 aromatic carbocycles. The quantitative estimate of drug-likeness (QED) is 0.787. The highest BCUT2D eigenvalue weighted by molar-refractivity contribution is 6.05. The van der Waals surface area contributed by atoms with Gasteiger partial charge in [0.25, 0.3) is 5.91 Å². The van der Waals surface area contributed by atoms with Crippen LogP contribution in [0.5, 0.6) is 0 Å². The van der Waals surface area contributed by atoms with Crippen molar-refractivity contribution in [2.45, 2.75) is 38.6 Å². The van der Waals surface area contributed by atoms with Crippen LogP contribution >= 0.6 is 0 Å². The van der Waals surface area contributed by atoms with E-state index in [9.17, 15) is 9.59 Å². The molecule has 2 amide bonds. The number of hydrogen-bond donors (Lipinski definition) is 3. The number of carbonyl (C=O) groups is 2. The van der Waals surface area contributed by atoms with Gasteiger partial charge in [0.1, 0.15) is 0 Å². The van der Waals surface area contributed by atoms with Crippen LogP contribution < -0.4 is 16.4 Å². The first-order chi connectivity index (χ1) is 12.5. The molecule has 136 valence electrons. The Labute approximate surface area is 153 Å². The number of rotatable bonds is 4. The highest BCUT2D eigenvalue weighted by Crippen LogP contribution is 2.26. The van der Waals surface area contributed by atoms with E-state index in [0.717, 1.165) is 31.2 Å². The normalized spacial score (nSPS) is 19.6. The van der Waals surface area contributed by atoms with E-state index >= 15 is 0 Å². The van der Waals surface area contributed by atoms with E-state index in [-0.39, 0.29) is 23.8 Å². The lowest BCUT2D eigenvalue weighted by Gasteiger charge is -2.25. The molecule has 6 heteroatoms. The zero-order chi connectivity index (χ0) is 18.5. The summed E-state index contributed by atoms with van der Waals surface area (Å²) in [5, 5.41) is 5.85. The van der Waals surface area contributed by atoms with E-state index in [1.165, 1.54) is 0 Å². The van der Waals surface area contributed by atoms with Gasteiger partial charge in [-0.05, 0) is 56.0 Å². The van der Waals surface area contributed by atoms with Crippen molar-refractivity contribution < 1.29 is 9.59 Å². The van der Waals surface area contributed by atoms with Crippen LogP contribution in [0.3, 0.4) is 0 Å². The zero-order valence-corrected chi connectivity index (χ0v) is 14.9. The van der Waals surface area contributed by atoms with Crippen LogP contribution in [0.1, 0.15) is 41.6 Å². The Hall–Kier alpha value is -2.73. The van der Waals surface area contributed by atoms with E-state index < -0.39 is 0 Å². The monoisotopic (exact) mass is 352 g/mol. The Kier molecular flexibility index (Phi) is 5.63. The molecule has 6 nitrogen and oxygen atoms in total. The second-order valence-electron chi connectivity index (χ2n) is 6.83. The van der Waals surface area contributed by atoms with E-state index in [0.29, 0.717) is 16.9 Å². The molecule has 1 aromatic heterocycles. The summed E-state index contributed by atoms with van der Waals surface area (Å²) >= 11 is 0. The molecular weight excluding hydrogens is 328 g/mol. The van der Waals surface area contributed by atoms with Gasteiger partial charge in [0, 0.05) is 41.3 Å². The molecule has 2 atom stereocenters. The Morgan fingerprint density at radius 1 is 1.12 bits per heavy atom. The van der Waals surface area contributed by atoms with Crippen molar-refractivity contribution in [3.63, 3.8) is 0 Å². The van der Waals surface area contributed by atoms with Gasteiger partial charge >= 0.3 is 0 Å². The van der Waals surface area contributed by atoms with E-state index in [1.54, 1.807) is 30.6 Å². The van der Waals surface area contributed by atoms with Gasteiger partial charge in [-0.1, -0.05) is 12.5 Å². The van der Waals surface area contributed by atoms with Crippen molar-refractivity contribution in [1.82, 2.24) is 4.98 Å². The fourth-order valence-corrected chi connectivity index (χ4v) is 3.24. The number of nitrogens with one attached hydrogen (secondary N) is 2. The smallest absolute Gasteiger partial charge is 0.255 e. The third-order valence-corrected chi connectivity index (χ3v) is 4.78. The van der Waals surface area contributed by atoms with Crippen molar-refractivity contribution in [2.24, 2.45) is 11.7 Å². The molecule has 0 radical (unpaired) electrons. The number of aromatic nitrogens is 1. The van der Waals surface area contributed by atoms with Crippen LogP contribution in [0, 0.1) is 12.8 Å². The second kappa shape index (κ2) is 8.10. The van der Waals surface area contributed by atoms with E-state index in [1.807, 2.05) is 19.1 Å². The van der Waals surface area contributed by atoms with Gasteiger partial charge in [0.15, 0.2) is 0 Å². The predicted octanol–water partition coefficient (Wildman–Crippen LogP) is 3.10. The molecule has 4 N–H and O–H groups in total. The highest BCUT2D eigenvalue weighted by atomic mass is 16.2. The van der Waals surface area contributed by atoms with Crippen molar-refractivity contribution in [3.8, 4) is 0 Å². The maximum Gasteiger partial charge on any atom is 0.255 e. The van der Waals surface area contributed by atoms with Crippen molar-refractivity contribution in [1.29, 1.82) is 0 Å². The highest BCUT2D eigenvalue weighted by Gasteiger charge is 2.25. The van der Waals surface area contributed by atoms with Crippen LogP contribution in [0.4, 0.5) is 11.4 Å². The molecule has 1 aliphatic rings. The Morgan fingerprint density at radius 2 is 1.88 bits per heavy atom. The number of hydrogen-bond acceptors (Lipinski definition) is 4. The SMILES string of the molecule is Cc1ccc(NC(=O)C2CCCC(N)C2)cc1NC(=O)c1ccncc1. The summed E-state index contributed by atoms with van der Waals surface area (Å²) in [7, 11) is 0. The molecule has 0 saturated heterocycles. The first-order valence-corrected chi connectivity index (χ1v) is 8.91. The lowest BCUT2D eigenvalue weighted by atomic mass is 9.85. The molecule has 1 saturated carbocycles. The van der Waals surface area contributed by atoms with Gasteiger partial charge in [0.2, 0.25) is 5.91 Å². The summed E-state index contributed by atoms with van der Waals surface area (Å²) in [6, 6.07) is 8.93. The molecule has 26 heavy (non-hydrogen) atoms. The van der Waals surface area contributed by atoms with Crippen LogP contribution in [0.2, 0.25) is 0 Å². The van der Waals surface area contributed by atoms with Crippen molar-refractivity contribution >= 4 is 23.2 Å². The third kappa shape index (κ3) is 4.46. The number of amides is 2. The molecule has 0 spiro atoms. The Balaban J connectivity index is 1.69. The van der Waals surface area contributed by atoms with Gasteiger partial charge in [-0.15, -0.1) is 0 Å². The molecule has 3 rings (SSSR count). The fourth-order valence-electron chi connectivity index (χ4n) is 3.24. The standard InChI is InChI=1S/C20H24N4O2/c1-13-5-6-17(23-20(26)15-3-2-4-16(21)11-15)12-18(13)24-19(25)14-7-9-22-10-8-14/h5-10,12,15-16H,2-4,11,21H2,1H3,(H,23,26)(H,24,25). The van der Waals surface area contributed by atoms with Crippen LogP contribution in [0.25, 0.3) is 0 Å². The Bertz CT molecular complexity index is 792. The number of pyridine rings is 1. The number of aryl methyl sites for hydroxylation is 1. The first-order valence-electron chi connectivity index (χ1n) is 8.91. The minimum atomic E-state index is -0.211. The molecular formula is C20H24N4O2. The second-order valence-corrected chi connectivity index (χ2v) is 6.83. The number of carbonyl (C=O) groups excluding carboxylic acids is 2. The molecule has 2 unspecified atom stereocenters. The molecule has 2 aromatic rings.